The molecule has 116 valence electrons. The van der Waals surface area contributed by atoms with Gasteiger partial charge >= 0.3 is 0 Å². The minimum Gasteiger partial charge on any atom is -0.338 e. The van der Waals surface area contributed by atoms with E-state index in [2.05, 4.69) is 52.4 Å². The summed E-state index contributed by atoms with van der Waals surface area (Å²) in [5.74, 6) is 1.32. The predicted molar refractivity (Wildman–Crippen MR) is 94.6 cm³/mol. The van der Waals surface area contributed by atoms with E-state index in [1.165, 1.54) is 15.0 Å². The first-order chi connectivity index (χ1) is 11.3. The average molecular weight is 341 g/mol. The van der Waals surface area contributed by atoms with Crippen LogP contribution in [0.15, 0.2) is 52.4 Å². The third kappa shape index (κ3) is 3.19. The van der Waals surface area contributed by atoms with Crippen molar-refractivity contribution >= 4 is 32.8 Å². The van der Waals surface area contributed by atoms with Gasteiger partial charge in [0.1, 0.15) is 0 Å². The summed E-state index contributed by atoms with van der Waals surface area (Å²) in [5, 5.41) is 7.37. The normalized spacial score (nSPS) is 11.6. The Morgan fingerprint density at radius 2 is 2.04 bits per heavy atom. The number of benzene rings is 1. The SMILES string of the molecule is CN(Cc1nc(-c2cccs2)no1)Cc1cc2ccccc2s1. The van der Waals surface area contributed by atoms with E-state index < -0.39 is 0 Å². The van der Waals surface area contributed by atoms with Crippen molar-refractivity contribution < 1.29 is 4.52 Å². The Bertz CT molecular complexity index is 878. The van der Waals surface area contributed by atoms with Gasteiger partial charge in [0.05, 0.1) is 11.4 Å². The summed E-state index contributed by atoms with van der Waals surface area (Å²) < 4.78 is 6.69. The van der Waals surface area contributed by atoms with Crippen LogP contribution in [0.1, 0.15) is 10.8 Å². The molecule has 0 saturated carbocycles. The van der Waals surface area contributed by atoms with Crippen molar-refractivity contribution in [3.63, 3.8) is 0 Å². The lowest BCUT2D eigenvalue weighted by atomic mass is 10.2. The van der Waals surface area contributed by atoms with Gasteiger partial charge in [-0.15, -0.1) is 22.7 Å². The minimum absolute atomic E-state index is 0.645. The third-order valence-electron chi connectivity index (χ3n) is 3.52. The Labute approximate surface area is 142 Å². The largest absolute Gasteiger partial charge is 0.338 e. The zero-order valence-electron chi connectivity index (χ0n) is 12.6. The molecule has 4 nitrogen and oxygen atoms in total. The smallest absolute Gasteiger partial charge is 0.241 e. The topological polar surface area (TPSA) is 42.2 Å². The fourth-order valence-electron chi connectivity index (χ4n) is 2.49. The summed E-state index contributed by atoms with van der Waals surface area (Å²) in [6.45, 7) is 1.52. The lowest BCUT2D eigenvalue weighted by molar-refractivity contribution is 0.262. The monoisotopic (exact) mass is 341 g/mol. The maximum absolute atomic E-state index is 5.36. The zero-order valence-corrected chi connectivity index (χ0v) is 14.2. The van der Waals surface area contributed by atoms with E-state index in [1.54, 1.807) is 11.3 Å². The Morgan fingerprint density at radius 1 is 1.13 bits per heavy atom. The number of thiophene rings is 2. The second-order valence-corrected chi connectivity index (χ2v) is 7.53. The highest BCUT2D eigenvalue weighted by Gasteiger charge is 2.12. The van der Waals surface area contributed by atoms with Crippen LogP contribution in [0.5, 0.6) is 0 Å². The molecule has 0 fully saturated rings. The van der Waals surface area contributed by atoms with Gasteiger partial charge in [-0.25, -0.2) is 0 Å². The van der Waals surface area contributed by atoms with Crippen LogP contribution in [0.25, 0.3) is 20.8 Å². The van der Waals surface area contributed by atoms with Crippen LogP contribution in [0, 0.1) is 0 Å². The zero-order chi connectivity index (χ0) is 15.6. The fraction of sp³-hybridized carbons (Fsp3) is 0.176. The highest BCUT2D eigenvalue weighted by atomic mass is 32.1. The van der Waals surface area contributed by atoms with Crippen LogP contribution < -0.4 is 0 Å². The first-order valence-electron chi connectivity index (χ1n) is 7.30. The first-order valence-corrected chi connectivity index (χ1v) is 9.00. The van der Waals surface area contributed by atoms with E-state index >= 15 is 0 Å². The molecular weight excluding hydrogens is 326 g/mol. The second-order valence-electron chi connectivity index (χ2n) is 5.41. The molecule has 0 N–H and O–H groups in total. The quantitative estimate of drug-likeness (QED) is 0.530. The van der Waals surface area contributed by atoms with Gasteiger partial charge in [0.25, 0.3) is 0 Å². The van der Waals surface area contributed by atoms with Crippen LogP contribution in [0.2, 0.25) is 0 Å². The molecule has 0 amide bonds. The van der Waals surface area contributed by atoms with E-state index in [0.717, 1.165) is 11.4 Å². The van der Waals surface area contributed by atoms with E-state index in [0.29, 0.717) is 18.3 Å². The summed E-state index contributed by atoms with van der Waals surface area (Å²) in [4.78, 5) is 9.04. The Balaban J connectivity index is 1.44. The molecular formula is C17H15N3OS2. The molecule has 0 saturated heterocycles. The van der Waals surface area contributed by atoms with Gasteiger partial charge in [-0.3, -0.25) is 4.90 Å². The maximum Gasteiger partial charge on any atom is 0.241 e. The predicted octanol–water partition coefficient (Wildman–Crippen LogP) is 4.64. The van der Waals surface area contributed by atoms with Crippen LogP contribution in [0.3, 0.4) is 0 Å². The van der Waals surface area contributed by atoms with Crippen LogP contribution in [-0.4, -0.2) is 22.1 Å². The Morgan fingerprint density at radius 3 is 2.87 bits per heavy atom. The minimum atomic E-state index is 0.645. The number of rotatable bonds is 5. The molecule has 0 bridgehead atoms. The molecule has 23 heavy (non-hydrogen) atoms. The highest BCUT2D eigenvalue weighted by Crippen LogP contribution is 2.26. The average Bonchev–Trinajstić information content (AvgIpc) is 3.26. The van der Waals surface area contributed by atoms with Gasteiger partial charge in [-0.1, -0.05) is 29.4 Å². The molecule has 3 heterocycles. The molecule has 0 spiro atoms. The molecule has 0 aliphatic rings. The molecule has 6 heteroatoms. The van der Waals surface area contributed by atoms with E-state index in [-0.39, 0.29) is 0 Å². The van der Waals surface area contributed by atoms with Gasteiger partial charge in [0.15, 0.2) is 0 Å². The molecule has 4 aromatic rings. The summed E-state index contributed by atoms with van der Waals surface area (Å²) in [6.07, 6.45) is 0. The summed E-state index contributed by atoms with van der Waals surface area (Å²) >= 11 is 3.45. The fourth-order valence-corrected chi connectivity index (χ4v) is 4.29. The Kier molecular flexibility index (Phi) is 3.95. The standard InChI is InChI=1S/C17H15N3OS2/c1-20(10-13-9-12-5-2-3-6-14(12)23-13)11-16-18-17(19-21-16)15-7-4-8-22-15/h2-9H,10-11H2,1H3. The molecule has 0 radical (unpaired) electrons. The first kappa shape index (κ1) is 14.6. The van der Waals surface area contributed by atoms with Crippen molar-refractivity contribution in [1.82, 2.24) is 15.0 Å². The molecule has 0 aliphatic carbocycles. The molecule has 4 rings (SSSR count). The van der Waals surface area contributed by atoms with Gasteiger partial charge in [-0.2, -0.15) is 4.98 Å². The van der Waals surface area contributed by atoms with Crippen molar-refractivity contribution in [1.29, 1.82) is 0 Å². The van der Waals surface area contributed by atoms with E-state index in [1.807, 2.05) is 28.8 Å². The van der Waals surface area contributed by atoms with Crippen molar-refractivity contribution in [2.24, 2.45) is 0 Å². The van der Waals surface area contributed by atoms with Crippen molar-refractivity contribution in [3.05, 3.63) is 58.6 Å². The number of hydrogen-bond donors (Lipinski definition) is 0. The molecule has 0 unspecified atom stereocenters. The highest BCUT2D eigenvalue weighted by molar-refractivity contribution is 7.19. The lowest BCUT2D eigenvalue weighted by Crippen LogP contribution is -2.16. The maximum atomic E-state index is 5.36. The van der Waals surface area contributed by atoms with Crippen LogP contribution in [-0.2, 0) is 13.1 Å². The molecule has 1 aromatic carbocycles. The third-order valence-corrected chi connectivity index (χ3v) is 5.48. The number of aromatic nitrogens is 2. The van der Waals surface area contributed by atoms with Gasteiger partial charge in [-0.05, 0) is 36.0 Å². The number of nitrogens with zero attached hydrogens (tertiary/aromatic N) is 3. The molecule has 0 atom stereocenters. The molecule has 0 aliphatic heterocycles. The summed E-state index contributed by atoms with van der Waals surface area (Å²) in [7, 11) is 2.07. The van der Waals surface area contributed by atoms with Gasteiger partial charge < -0.3 is 4.52 Å². The Hall–Kier alpha value is -2.02. The van der Waals surface area contributed by atoms with Crippen molar-refractivity contribution in [3.8, 4) is 10.7 Å². The number of fused-ring (bicyclic) bond motifs is 1. The van der Waals surface area contributed by atoms with Crippen molar-refractivity contribution in [2.45, 2.75) is 13.1 Å². The van der Waals surface area contributed by atoms with Gasteiger partial charge in [0.2, 0.25) is 11.7 Å². The molecule has 3 aromatic heterocycles. The summed E-state index contributed by atoms with van der Waals surface area (Å²) in [6, 6.07) is 14.7. The van der Waals surface area contributed by atoms with Crippen LogP contribution in [0.4, 0.5) is 0 Å². The van der Waals surface area contributed by atoms with E-state index in [9.17, 15) is 0 Å². The van der Waals surface area contributed by atoms with E-state index in [4.69, 9.17) is 4.52 Å². The second kappa shape index (κ2) is 6.23. The summed E-state index contributed by atoms with van der Waals surface area (Å²) in [5.41, 5.74) is 0. The van der Waals surface area contributed by atoms with Crippen LogP contribution >= 0.6 is 22.7 Å². The lowest BCUT2D eigenvalue weighted by Gasteiger charge is -2.12. The number of hydrogen-bond acceptors (Lipinski definition) is 6. The van der Waals surface area contributed by atoms with Crippen molar-refractivity contribution in [2.75, 3.05) is 7.05 Å². The van der Waals surface area contributed by atoms with Gasteiger partial charge in [0, 0.05) is 16.1 Å².